The van der Waals surface area contributed by atoms with E-state index in [1.54, 1.807) is 6.07 Å². The van der Waals surface area contributed by atoms with Crippen molar-refractivity contribution in [3.8, 4) is 45.1 Å². The van der Waals surface area contributed by atoms with Crippen molar-refractivity contribution < 1.29 is 4.42 Å². The van der Waals surface area contributed by atoms with Crippen molar-refractivity contribution in [2.24, 2.45) is 0 Å². The third-order valence-electron chi connectivity index (χ3n) is 9.24. The van der Waals surface area contributed by atoms with Crippen LogP contribution in [-0.2, 0) is 0 Å². The van der Waals surface area contributed by atoms with E-state index in [1.165, 1.54) is 0 Å². The summed E-state index contributed by atoms with van der Waals surface area (Å²) in [6, 6.07) is 54.3. The molecule has 0 aliphatic heterocycles. The predicted molar refractivity (Wildman–Crippen MR) is 195 cm³/mol. The Hall–Kier alpha value is -6.88. The molecule has 9 aromatic rings. The Labute approximate surface area is 276 Å². The van der Waals surface area contributed by atoms with Gasteiger partial charge in [0, 0.05) is 27.2 Å². The summed E-state index contributed by atoms with van der Waals surface area (Å²) >= 11 is 0. The van der Waals surface area contributed by atoms with E-state index in [2.05, 4.69) is 113 Å². The monoisotopic (exact) mass is 611 g/mol. The van der Waals surface area contributed by atoms with Crippen molar-refractivity contribution in [3.63, 3.8) is 0 Å². The first-order valence-electron chi connectivity index (χ1n) is 15.8. The van der Waals surface area contributed by atoms with Gasteiger partial charge in [-0.1, -0.05) is 91.0 Å². The van der Waals surface area contributed by atoms with Gasteiger partial charge in [0.25, 0.3) is 0 Å². The second-order valence-corrected chi connectivity index (χ2v) is 11.9. The molecule has 4 nitrogen and oxygen atoms in total. The first kappa shape index (κ1) is 27.4. The maximum Gasteiger partial charge on any atom is 0.188 e. The Bertz CT molecular complexity index is 2810. The van der Waals surface area contributed by atoms with Crippen LogP contribution in [0.5, 0.6) is 0 Å². The number of hydrogen-bond acceptors (Lipinski definition) is 2. The topological polar surface area (TPSA) is 46.2 Å². The van der Waals surface area contributed by atoms with Crippen LogP contribution in [0.25, 0.3) is 87.7 Å². The van der Waals surface area contributed by atoms with Crippen LogP contribution in [0.4, 0.5) is 5.69 Å². The summed E-state index contributed by atoms with van der Waals surface area (Å²) in [6.07, 6.45) is 0. The normalized spacial score (nSPS) is 11.3. The van der Waals surface area contributed by atoms with Gasteiger partial charge in [0.15, 0.2) is 5.69 Å². The molecular weight excluding hydrogens is 587 g/mol. The quantitative estimate of drug-likeness (QED) is 0.186. The average molecular weight is 612 g/mol. The zero-order chi connectivity index (χ0) is 32.2. The standard InChI is InChI=1S/C44H25N3O/c1-46-32-19-22-43-39(26-32)38-25-31(18-21-42(38)48-43)44-34(29-9-3-2-4-10-29)14-8-15-35(44)30-11-7-12-33(24-30)47-40-16-6-5-13-36(40)37-23-28(27-45)17-20-41(37)47/h2-26H. The van der Waals surface area contributed by atoms with Crippen molar-refractivity contribution in [1.82, 2.24) is 4.57 Å². The molecular formula is C44H25N3O. The molecule has 0 unspecified atom stereocenters. The van der Waals surface area contributed by atoms with E-state index >= 15 is 0 Å². The highest BCUT2D eigenvalue weighted by atomic mass is 16.3. The molecule has 48 heavy (non-hydrogen) atoms. The smallest absolute Gasteiger partial charge is 0.188 e. The number of aromatic nitrogens is 1. The molecule has 4 heteroatoms. The number of nitriles is 1. The summed E-state index contributed by atoms with van der Waals surface area (Å²) in [4.78, 5) is 3.66. The molecule has 222 valence electrons. The van der Waals surface area contributed by atoms with Gasteiger partial charge in [0.2, 0.25) is 0 Å². The fraction of sp³-hybridized carbons (Fsp3) is 0. The second kappa shape index (κ2) is 10.9. The minimum Gasteiger partial charge on any atom is -0.456 e. The molecule has 0 bridgehead atoms. The first-order chi connectivity index (χ1) is 23.7. The second-order valence-electron chi connectivity index (χ2n) is 11.9. The largest absolute Gasteiger partial charge is 0.456 e. The zero-order valence-electron chi connectivity index (χ0n) is 25.7. The van der Waals surface area contributed by atoms with Gasteiger partial charge in [-0.15, -0.1) is 0 Å². The van der Waals surface area contributed by atoms with Crippen LogP contribution >= 0.6 is 0 Å². The first-order valence-corrected chi connectivity index (χ1v) is 15.8. The highest BCUT2D eigenvalue weighted by Gasteiger charge is 2.18. The van der Waals surface area contributed by atoms with Crippen LogP contribution in [0, 0.1) is 17.9 Å². The van der Waals surface area contributed by atoms with Gasteiger partial charge in [-0.2, -0.15) is 5.26 Å². The molecule has 0 radical (unpaired) electrons. The van der Waals surface area contributed by atoms with Gasteiger partial charge in [0.1, 0.15) is 11.2 Å². The van der Waals surface area contributed by atoms with Crippen molar-refractivity contribution in [2.45, 2.75) is 0 Å². The summed E-state index contributed by atoms with van der Waals surface area (Å²) in [5.41, 5.74) is 12.7. The molecule has 0 saturated heterocycles. The van der Waals surface area contributed by atoms with Crippen molar-refractivity contribution in [2.75, 3.05) is 0 Å². The van der Waals surface area contributed by atoms with Crippen LogP contribution < -0.4 is 0 Å². The number of para-hydroxylation sites is 1. The van der Waals surface area contributed by atoms with E-state index < -0.39 is 0 Å². The fourth-order valence-electron chi connectivity index (χ4n) is 7.09. The Balaban J connectivity index is 1.29. The molecule has 7 aromatic carbocycles. The van der Waals surface area contributed by atoms with Crippen LogP contribution in [0.1, 0.15) is 5.56 Å². The molecule has 2 aromatic heterocycles. The number of furan rings is 1. The van der Waals surface area contributed by atoms with Crippen LogP contribution in [0.15, 0.2) is 156 Å². The van der Waals surface area contributed by atoms with Gasteiger partial charge >= 0.3 is 0 Å². The van der Waals surface area contributed by atoms with Gasteiger partial charge in [0.05, 0.1) is 29.2 Å². The van der Waals surface area contributed by atoms with E-state index in [9.17, 15) is 5.26 Å². The number of fused-ring (bicyclic) bond motifs is 6. The molecule has 0 N–H and O–H groups in total. The van der Waals surface area contributed by atoms with Gasteiger partial charge in [-0.25, -0.2) is 4.85 Å². The molecule has 0 amide bonds. The van der Waals surface area contributed by atoms with E-state index in [0.29, 0.717) is 11.3 Å². The SMILES string of the molecule is [C-]#[N+]c1ccc2oc3ccc(-c4c(-c5ccccc5)cccc4-c4cccc(-n5c6ccccc6c6cc(C#N)ccc65)c4)cc3c2c1. The van der Waals surface area contributed by atoms with E-state index in [1.807, 2.05) is 48.5 Å². The Morgan fingerprint density at radius 1 is 0.542 bits per heavy atom. The van der Waals surface area contributed by atoms with Crippen molar-refractivity contribution >= 4 is 49.4 Å². The third-order valence-corrected chi connectivity index (χ3v) is 9.24. The number of nitrogens with zero attached hydrogens (tertiary/aromatic N) is 3. The molecule has 0 atom stereocenters. The molecule has 0 spiro atoms. The molecule has 9 rings (SSSR count). The minimum atomic E-state index is 0.590. The summed E-state index contributed by atoms with van der Waals surface area (Å²) in [6.45, 7) is 7.56. The lowest BCUT2D eigenvalue weighted by Crippen LogP contribution is -1.95. The lowest BCUT2D eigenvalue weighted by molar-refractivity contribution is 0.669. The number of benzene rings is 7. The van der Waals surface area contributed by atoms with Crippen molar-refractivity contribution in [1.29, 1.82) is 5.26 Å². The highest BCUT2D eigenvalue weighted by molar-refractivity contribution is 6.10. The Morgan fingerprint density at radius 3 is 2.08 bits per heavy atom. The van der Waals surface area contributed by atoms with Gasteiger partial charge < -0.3 is 8.98 Å². The summed E-state index contributed by atoms with van der Waals surface area (Å²) in [5, 5.41) is 13.7. The third kappa shape index (κ3) is 4.29. The van der Waals surface area contributed by atoms with Crippen LogP contribution in [0.3, 0.4) is 0 Å². The number of rotatable bonds is 4. The van der Waals surface area contributed by atoms with Crippen LogP contribution in [0.2, 0.25) is 0 Å². The number of hydrogen-bond donors (Lipinski definition) is 0. The summed E-state index contributed by atoms with van der Waals surface area (Å²) in [7, 11) is 0. The van der Waals surface area contributed by atoms with E-state index in [0.717, 1.165) is 82.8 Å². The highest BCUT2D eigenvalue weighted by Crippen LogP contribution is 2.43. The maximum atomic E-state index is 9.63. The summed E-state index contributed by atoms with van der Waals surface area (Å²) in [5.74, 6) is 0. The predicted octanol–water partition coefficient (Wildman–Crippen LogP) is 12.1. The molecule has 0 saturated carbocycles. The molecule has 0 aliphatic rings. The minimum absolute atomic E-state index is 0.590. The van der Waals surface area contributed by atoms with E-state index in [-0.39, 0.29) is 0 Å². The van der Waals surface area contributed by atoms with Crippen molar-refractivity contribution in [3.05, 3.63) is 169 Å². The van der Waals surface area contributed by atoms with E-state index in [4.69, 9.17) is 11.0 Å². The Kier molecular flexibility index (Phi) is 6.22. The lowest BCUT2D eigenvalue weighted by Gasteiger charge is -2.17. The Morgan fingerprint density at radius 2 is 1.25 bits per heavy atom. The molecule has 0 aliphatic carbocycles. The molecule has 0 fully saturated rings. The lowest BCUT2D eigenvalue weighted by atomic mass is 9.87. The maximum absolute atomic E-state index is 9.63. The fourth-order valence-corrected chi connectivity index (χ4v) is 7.09. The average Bonchev–Trinajstić information content (AvgIpc) is 3.69. The zero-order valence-corrected chi connectivity index (χ0v) is 25.7. The van der Waals surface area contributed by atoms with Gasteiger partial charge in [-0.3, -0.25) is 0 Å². The summed E-state index contributed by atoms with van der Waals surface area (Å²) < 4.78 is 8.48. The van der Waals surface area contributed by atoms with Crippen LogP contribution in [-0.4, -0.2) is 4.57 Å². The molecule has 2 heterocycles. The van der Waals surface area contributed by atoms with Gasteiger partial charge in [-0.05, 0) is 94.0 Å².